The Bertz CT molecular complexity index is 668. The van der Waals surface area contributed by atoms with E-state index in [1.165, 1.54) is 0 Å². The molecule has 1 fully saturated rings. The highest BCUT2D eigenvalue weighted by Gasteiger charge is 2.15. The summed E-state index contributed by atoms with van der Waals surface area (Å²) in [6, 6.07) is 6.75. The molecule has 1 aromatic heterocycles. The number of rotatable bonds is 4. The molecule has 2 aromatic rings. The van der Waals surface area contributed by atoms with Crippen LogP contribution in [0.4, 0.5) is 16.2 Å². The molecule has 7 heteroatoms. The summed E-state index contributed by atoms with van der Waals surface area (Å²) in [6.45, 7) is 2.48. The summed E-state index contributed by atoms with van der Waals surface area (Å²) in [4.78, 5) is 12.0. The van der Waals surface area contributed by atoms with E-state index in [4.69, 9.17) is 16.3 Å². The van der Waals surface area contributed by atoms with Gasteiger partial charge in [0.15, 0.2) is 0 Å². The molecule has 1 saturated heterocycles. The molecular formula is C16H19ClN4O2. The highest BCUT2D eigenvalue weighted by molar-refractivity contribution is 6.33. The largest absolute Gasteiger partial charge is 0.381 e. The summed E-state index contributed by atoms with van der Waals surface area (Å²) >= 11 is 6.01. The van der Waals surface area contributed by atoms with Crippen LogP contribution in [-0.4, -0.2) is 29.0 Å². The number of nitrogens with one attached hydrogen (secondary N) is 2. The molecule has 6 nitrogen and oxygen atoms in total. The van der Waals surface area contributed by atoms with Crippen LogP contribution in [0.15, 0.2) is 36.7 Å². The van der Waals surface area contributed by atoms with Gasteiger partial charge in [0, 0.05) is 26.0 Å². The average molecular weight is 335 g/mol. The van der Waals surface area contributed by atoms with Gasteiger partial charge in [-0.2, -0.15) is 5.10 Å². The molecule has 23 heavy (non-hydrogen) atoms. The molecule has 0 spiro atoms. The van der Waals surface area contributed by atoms with Crippen LogP contribution in [0, 0.1) is 5.92 Å². The van der Waals surface area contributed by atoms with Gasteiger partial charge in [-0.25, -0.2) is 4.79 Å². The van der Waals surface area contributed by atoms with E-state index in [1.54, 1.807) is 18.3 Å². The number of halogens is 1. The second-order valence-electron chi connectivity index (χ2n) is 5.57. The fraction of sp³-hybridized carbons (Fsp3) is 0.375. The number of urea groups is 1. The minimum absolute atomic E-state index is 0.344. The van der Waals surface area contributed by atoms with Crippen molar-refractivity contribution >= 4 is 29.0 Å². The van der Waals surface area contributed by atoms with Crippen LogP contribution in [0.1, 0.15) is 12.8 Å². The maximum absolute atomic E-state index is 12.0. The van der Waals surface area contributed by atoms with Crippen molar-refractivity contribution in [1.82, 2.24) is 9.78 Å². The molecular weight excluding hydrogens is 316 g/mol. The highest BCUT2D eigenvalue weighted by atomic mass is 35.5. The highest BCUT2D eigenvalue weighted by Crippen LogP contribution is 2.21. The lowest BCUT2D eigenvalue weighted by atomic mass is 10.0. The minimum atomic E-state index is -0.344. The number of carbonyl (C=O) groups excluding carboxylic acids is 1. The third-order valence-electron chi connectivity index (χ3n) is 3.80. The van der Waals surface area contributed by atoms with E-state index in [0.29, 0.717) is 22.3 Å². The van der Waals surface area contributed by atoms with Gasteiger partial charge in [-0.1, -0.05) is 23.7 Å². The zero-order valence-corrected chi connectivity index (χ0v) is 13.4. The smallest absolute Gasteiger partial charge is 0.323 e. The van der Waals surface area contributed by atoms with Crippen LogP contribution >= 0.6 is 11.6 Å². The van der Waals surface area contributed by atoms with Crippen LogP contribution in [0.5, 0.6) is 0 Å². The Hall–Kier alpha value is -2.05. The Labute approximate surface area is 139 Å². The summed E-state index contributed by atoms with van der Waals surface area (Å²) in [5, 5.41) is 10.3. The molecule has 2 heterocycles. The Balaban J connectivity index is 1.54. The van der Waals surface area contributed by atoms with Gasteiger partial charge >= 0.3 is 6.03 Å². The van der Waals surface area contributed by atoms with Crippen molar-refractivity contribution in [3.05, 3.63) is 41.7 Å². The van der Waals surface area contributed by atoms with Crippen molar-refractivity contribution in [3.63, 3.8) is 0 Å². The second kappa shape index (κ2) is 7.48. The van der Waals surface area contributed by atoms with E-state index in [2.05, 4.69) is 15.7 Å². The van der Waals surface area contributed by atoms with Gasteiger partial charge in [0.05, 0.1) is 22.6 Å². The van der Waals surface area contributed by atoms with Gasteiger partial charge in [-0.3, -0.25) is 4.68 Å². The molecule has 1 aliphatic heterocycles. The number of amides is 2. The number of benzene rings is 1. The molecule has 0 atom stereocenters. The van der Waals surface area contributed by atoms with E-state index >= 15 is 0 Å². The molecule has 3 rings (SSSR count). The predicted octanol–water partition coefficient (Wildman–Crippen LogP) is 3.61. The maximum atomic E-state index is 12.0. The van der Waals surface area contributed by atoms with Gasteiger partial charge in [0.1, 0.15) is 0 Å². The number of anilines is 2. The van der Waals surface area contributed by atoms with E-state index in [-0.39, 0.29) is 6.03 Å². The lowest BCUT2D eigenvalue weighted by Gasteiger charge is -2.21. The number of hydrogen-bond donors (Lipinski definition) is 2. The summed E-state index contributed by atoms with van der Waals surface area (Å²) < 4.78 is 7.22. The number of ether oxygens (including phenoxy) is 1. The van der Waals surface area contributed by atoms with Crippen LogP contribution in [0.2, 0.25) is 5.02 Å². The van der Waals surface area contributed by atoms with Gasteiger partial charge in [0.2, 0.25) is 0 Å². The number of carbonyl (C=O) groups is 1. The van der Waals surface area contributed by atoms with Crippen molar-refractivity contribution < 1.29 is 9.53 Å². The zero-order valence-electron chi connectivity index (χ0n) is 12.7. The molecule has 0 bridgehead atoms. The Morgan fingerprint density at radius 1 is 1.30 bits per heavy atom. The molecule has 122 valence electrons. The van der Waals surface area contributed by atoms with Crippen LogP contribution < -0.4 is 10.6 Å². The van der Waals surface area contributed by atoms with Gasteiger partial charge < -0.3 is 15.4 Å². The van der Waals surface area contributed by atoms with Gasteiger partial charge in [0.25, 0.3) is 0 Å². The number of para-hydroxylation sites is 1. The number of aromatic nitrogens is 2. The standard InChI is InChI=1S/C16H19ClN4O2/c17-14-3-1-2-4-15(14)20-16(22)19-13-9-18-21(11-13)10-12-5-7-23-8-6-12/h1-4,9,11-12H,5-8,10H2,(H2,19,20,22). The fourth-order valence-corrected chi connectivity index (χ4v) is 2.75. The molecule has 1 aromatic carbocycles. The first kappa shape index (κ1) is 15.8. The SMILES string of the molecule is O=C(Nc1cnn(CC2CCOCC2)c1)Nc1ccccc1Cl. The second-order valence-corrected chi connectivity index (χ2v) is 5.97. The Kier molecular flexibility index (Phi) is 5.15. The first-order chi connectivity index (χ1) is 11.2. The van der Waals surface area contributed by atoms with E-state index in [1.807, 2.05) is 23.0 Å². The molecule has 1 aliphatic rings. The lowest BCUT2D eigenvalue weighted by molar-refractivity contribution is 0.0601. The molecule has 0 aliphatic carbocycles. The van der Waals surface area contributed by atoms with E-state index in [9.17, 15) is 4.79 Å². The summed E-state index contributed by atoms with van der Waals surface area (Å²) in [6.07, 6.45) is 5.58. The number of nitrogens with zero attached hydrogens (tertiary/aromatic N) is 2. The monoisotopic (exact) mass is 334 g/mol. The zero-order chi connectivity index (χ0) is 16.1. The van der Waals surface area contributed by atoms with Crippen molar-refractivity contribution in [1.29, 1.82) is 0 Å². The minimum Gasteiger partial charge on any atom is -0.381 e. The molecule has 0 radical (unpaired) electrons. The quantitative estimate of drug-likeness (QED) is 0.897. The number of hydrogen-bond acceptors (Lipinski definition) is 3. The van der Waals surface area contributed by atoms with Crippen molar-refractivity contribution in [2.45, 2.75) is 19.4 Å². The van der Waals surface area contributed by atoms with Crippen molar-refractivity contribution in [2.75, 3.05) is 23.8 Å². The lowest BCUT2D eigenvalue weighted by Crippen LogP contribution is -2.21. The fourth-order valence-electron chi connectivity index (χ4n) is 2.57. The Morgan fingerprint density at radius 3 is 2.87 bits per heavy atom. The maximum Gasteiger partial charge on any atom is 0.323 e. The van der Waals surface area contributed by atoms with Crippen molar-refractivity contribution in [2.24, 2.45) is 5.92 Å². The topological polar surface area (TPSA) is 68.2 Å². The van der Waals surface area contributed by atoms with E-state index in [0.717, 1.165) is 32.6 Å². The normalized spacial score (nSPS) is 15.3. The molecule has 0 unspecified atom stereocenters. The Morgan fingerprint density at radius 2 is 2.09 bits per heavy atom. The summed E-state index contributed by atoms with van der Waals surface area (Å²) in [7, 11) is 0. The molecule has 2 N–H and O–H groups in total. The predicted molar refractivity (Wildman–Crippen MR) is 89.9 cm³/mol. The van der Waals surface area contributed by atoms with Gasteiger partial charge in [-0.15, -0.1) is 0 Å². The van der Waals surface area contributed by atoms with Crippen LogP contribution in [-0.2, 0) is 11.3 Å². The van der Waals surface area contributed by atoms with Crippen molar-refractivity contribution in [3.8, 4) is 0 Å². The summed E-state index contributed by atoms with van der Waals surface area (Å²) in [5.74, 6) is 0.577. The first-order valence-electron chi connectivity index (χ1n) is 7.63. The molecule has 0 saturated carbocycles. The van der Waals surface area contributed by atoms with Crippen LogP contribution in [0.25, 0.3) is 0 Å². The first-order valence-corrected chi connectivity index (χ1v) is 8.01. The molecule has 2 amide bonds. The third-order valence-corrected chi connectivity index (χ3v) is 4.13. The van der Waals surface area contributed by atoms with E-state index < -0.39 is 0 Å². The average Bonchev–Trinajstić information content (AvgIpc) is 2.97. The van der Waals surface area contributed by atoms with Gasteiger partial charge in [-0.05, 0) is 30.9 Å². The van der Waals surface area contributed by atoms with Crippen LogP contribution in [0.3, 0.4) is 0 Å². The third kappa shape index (κ3) is 4.46. The summed E-state index contributed by atoms with van der Waals surface area (Å²) in [5.41, 5.74) is 1.22.